The van der Waals surface area contributed by atoms with Gasteiger partial charge in [-0.15, -0.1) is 0 Å². The first kappa shape index (κ1) is 12.0. The third-order valence-corrected chi connectivity index (χ3v) is 2.13. The first-order chi connectivity index (χ1) is 8.81. The van der Waals surface area contributed by atoms with E-state index in [4.69, 9.17) is 9.47 Å². The molecule has 0 aliphatic heterocycles. The lowest BCUT2D eigenvalue weighted by Gasteiger charge is -2.05. The average Bonchev–Trinajstić information content (AvgIpc) is 2.42. The lowest BCUT2D eigenvalue weighted by molar-refractivity contribution is 0.112. The Morgan fingerprint density at radius 2 is 1.72 bits per heavy atom. The number of carbonyl (C=O) groups excluding carboxylic acids is 1. The van der Waals surface area contributed by atoms with Crippen molar-refractivity contribution in [3.63, 3.8) is 0 Å². The summed E-state index contributed by atoms with van der Waals surface area (Å²) in [5.41, 5.74) is 0.411. The maximum absolute atomic E-state index is 10.4. The van der Waals surface area contributed by atoms with Gasteiger partial charge in [0.2, 0.25) is 0 Å². The summed E-state index contributed by atoms with van der Waals surface area (Å²) in [6.07, 6.45) is 3.49. The van der Waals surface area contributed by atoms with Gasteiger partial charge in [-0.2, -0.15) is 0 Å². The van der Waals surface area contributed by atoms with Crippen molar-refractivity contribution in [2.24, 2.45) is 0 Å². The normalized spacial score (nSPS) is 9.83. The molecule has 0 fully saturated rings. The molecular weight excluding hydrogens is 232 g/mol. The lowest BCUT2D eigenvalue weighted by atomic mass is 10.3. The number of nitrogens with zero attached hydrogens (tertiary/aromatic N) is 2. The van der Waals surface area contributed by atoms with E-state index in [1.54, 1.807) is 24.3 Å². The minimum absolute atomic E-state index is 0.199. The topological polar surface area (TPSA) is 61.3 Å². The van der Waals surface area contributed by atoms with E-state index in [0.29, 0.717) is 24.2 Å². The molecule has 0 spiro atoms. The Balaban J connectivity index is 2.05. The van der Waals surface area contributed by atoms with Crippen LogP contribution in [0.5, 0.6) is 17.5 Å². The van der Waals surface area contributed by atoms with Gasteiger partial charge in [0.25, 0.3) is 0 Å². The van der Waals surface area contributed by atoms with Crippen molar-refractivity contribution in [2.75, 3.05) is 6.61 Å². The van der Waals surface area contributed by atoms with E-state index in [1.165, 1.54) is 12.4 Å². The van der Waals surface area contributed by atoms with Gasteiger partial charge < -0.3 is 9.47 Å². The van der Waals surface area contributed by atoms with Gasteiger partial charge in [-0.3, -0.25) is 4.79 Å². The van der Waals surface area contributed by atoms with Crippen LogP contribution in [0.1, 0.15) is 17.3 Å². The van der Waals surface area contributed by atoms with Gasteiger partial charge in [0.1, 0.15) is 11.5 Å². The molecule has 1 heterocycles. The van der Waals surface area contributed by atoms with Crippen LogP contribution in [0.25, 0.3) is 0 Å². The fraction of sp³-hybridized carbons (Fsp3) is 0.154. The van der Waals surface area contributed by atoms with E-state index in [9.17, 15) is 4.79 Å². The average molecular weight is 244 g/mol. The van der Waals surface area contributed by atoms with Gasteiger partial charge in [-0.25, -0.2) is 9.97 Å². The molecule has 1 aromatic carbocycles. The van der Waals surface area contributed by atoms with E-state index >= 15 is 0 Å². The van der Waals surface area contributed by atoms with Gasteiger partial charge in [0.05, 0.1) is 12.2 Å². The van der Waals surface area contributed by atoms with Crippen LogP contribution in [0.4, 0.5) is 0 Å². The highest BCUT2D eigenvalue weighted by molar-refractivity contribution is 5.73. The fourth-order valence-electron chi connectivity index (χ4n) is 1.32. The summed E-state index contributed by atoms with van der Waals surface area (Å²) in [4.78, 5) is 18.3. The molecule has 0 bridgehead atoms. The second kappa shape index (κ2) is 5.77. The van der Waals surface area contributed by atoms with E-state index < -0.39 is 0 Å². The van der Waals surface area contributed by atoms with E-state index in [0.717, 1.165) is 5.75 Å². The minimum Gasteiger partial charge on any atom is -0.494 e. The monoisotopic (exact) mass is 244 g/mol. The first-order valence-electron chi connectivity index (χ1n) is 5.49. The molecule has 2 aromatic rings. The highest BCUT2D eigenvalue weighted by Crippen LogP contribution is 2.21. The molecule has 0 radical (unpaired) electrons. The smallest absolute Gasteiger partial charge is 0.321 e. The number of hydrogen-bond acceptors (Lipinski definition) is 5. The maximum atomic E-state index is 10.4. The SMILES string of the molecule is CCOc1ccc(Oc2ncc(C=O)cn2)cc1. The molecule has 2 rings (SSSR count). The van der Waals surface area contributed by atoms with Crippen LogP contribution < -0.4 is 9.47 Å². The highest BCUT2D eigenvalue weighted by Gasteiger charge is 2.01. The van der Waals surface area contributed by atoms with Gasteiger partial charge in [0.15, 0.2) is 6.29 Å². The van der Waals surface area contributed by atoms with Gasteiger partial charge >= 0.3 is 6.01 Å². The Morgan fingerprint density at radius 1 is 1.11 bits per heavy atom. The van der Waals surface area contributed by atoms with Crippen molar-refractivity contribution in [2.45, 2.75) is 6.92 Å². The Hall–Kier alpha value is -2.43. The zero-order valence-corrected chi connectivity index (χ0v) is 9.87. The van der Waals surface area contributed by atoms with Crippen LogP contribution in [-0.2, 0) is 0 Å². The standard InChI is InChI=1S/C13H12N2O3/c1-2-17-11-3-5-12(6-4-11)18-13-14-7-10(9-16)8-15-13/h3-9H,2H2,1H3. The highest BCUT2D eigenvalue weighted by atomic mass is 16.5. The molecule has 92 valence electrons. The molecule has 0 atom stereocenters. The predicted octanol–water partition coefficient (Wildman–Crippen LogP) is 2.48. The second-order valence-electron chi connectivity index (χ2n) is 3.42. The van der Waals surface area contributed by atoms with E-state index in [2.05, 4.69) is 9.97 Å². The first-order valence-corrected chi connectivity index (χ1v) is 5.49. The van der Waals surface area contributed by atoms with Crippen molar-refractivity contribution in [3.05, 3.63) is 42.2 Å². The van der Waals surface area contributed by atoms with Gasteiger partial charge in [0, 0.05) is 12.4 Å². The van der Waals surface area contributed by atoms with Crippen molar-refractivity contribution in [3.8, 4) is 17.5 Å². The zero-order valence-electron chi connectivity index (χ0n) is 9.87. The summed E-state index contributed by atoms with van der Waals surface area (Å²) in [5.74, 6) is 1.39. The second-order valence-corrected chi connectivity index (χ2v) is 3.42. The quantitative estimate of drug-likeness (QED) is 0.756. The molecule has 0 unspecified atom stereocenters. The summed E-state index contributed by atoms with van der Waals surface area (Å²) in [6.45, 7) is 2.54. The largest absolute Gasteiger partial charge is 0.494 e. The number of aldehydes is 1. The molecular formula is C13H12N2O3. The minimum atomic E-state index is 0.199. The van der Waals surface area contributed by atoms with Crippen molar-refractivity contribution < 1.29 is 14.3 Å². The summed E-state index contributed by atoms with van der Waals surface area (Å²) in [6, 6.07) is 7.34. The molecule has 5 nitrogen and oxygen atoms in total. The van der Waals surface area contributed by atoms with Crippen LogP contribution in [0.2, 0.25) is 0 Å². The lowest BCUT2D eigenvalue weighted by Crippen LogP contribution is -1.94. The molecule has 0 saturated carbocycles. The third-order valence-electron chi connectivity index (χ3n) is 2.13. The Bertz CT molecular complexity index is 509. The van der Waals surface area contributed by atoms with E-state index in [1.807, 2.05) is 6.92 Å². The molecule has 0 amide bonds. The van der Waals surface area contributed by atoms with Crippen LogP contribution in [0.3, 0.4) is 0 Å². The van der Waals surface area contributed by atoms with Crippen molar-refractivity contribution in [1.82, 2.24) is 9.97 Å². The van der Waals surface area contributed by atoms with Gasteiger partial charge in [-0.05, 0) is 31.2 Å². The number of carbonyl (C=O) groups is 1. The van der Waals surface area contributed by atoms with Gasteiger partial charge in [-0.1, -0.05) is 0 Å². The molecule has 0 saturated heterocycles. The van der Waals surface area contributed by atoms with E-state index in [-0.39, 0.29) is 6.01 Å². The Kier molecular flexibility index (Phi) is 3.86. The van der Waals surface area contributed by atoms with Crippen molar-refractivity contribution in [1.29, 1.82) is 0 Å². The summed E-state index contributed by atoms with van der Waals surface area (Å²) in [7, 11) is 0. The zero-order chi connectivity index (χ0) is 12.8. The Labute approximate surface area is 104 Å². The summed E-state index contributed by atoms with van der Waals surface area (Å²) < 4.78 is 10.7. The summed E-state index contributed by atoms with van der Waals surface area (Å²) in [5, 5.41) is 0. The number of hydrogen-bond donors (Lipinski definition) is 0. The van der Waals surface area contributed by atoms with Crippen molar-refractivity contribution >= 4 is 6.29 Å². The van der Waals surface area contributed by atoms with Crippen LogP contribution >= 0.6 is 0 Å². The predicted molar refractivity (Wildman–Crippen MR) is 65.1 cm³/mol. The van der Waals surface area contributed by atoms with Crippen LogP contribution in [0, 0.1) is 0 Å². The summed E-state index contributed by atoms with van der Waals surface area (Å²) >= 11 is 0. The molecule has 0 aliphatic carbocycles. The Morgan fingerprint density at radius 3 is 2.28 bits per heavy atom. The third kappa shape index (κ3) is 3.04. The van der Waals surface area contributed by atoms with Crippen LogP contribution in [-0.4, -0.2) is 22.9 Å². The molecule has 1 aromatic heterocycles. The molecule has 0 aliphatic rings. The molecule has 18 heavy (non-hydrogen) atoms. The fourth-order valence-corrected chi connectivity index (χ4v) is 1.32. The maximum Gasteiger partial charge on any atom is 0.321 e. The number of rotatable bonds is 5. The number of ether oxygens (including phenoxy) is 2. The number of benzene rings is 1. The number of aromatic nitrogens is 2. The molecule has 0 N–H and O–H groups in total. The molecule has 5 heteroatoms. The van der Waals surface area contributed by atoms with Crippen LogP contribution in [0.15, 0.2) is 36.7 Å².